The van der Waals surface area contributed by atoms with Crippen LogP contribution in [0.5, 0.6) is 0 Å². The lowest BCUT2D eigenvalue weighted by atomic mass is 10.2. The van der Waals surface area contributed by atoms with Crippen LogP contribution in [0.15, 0.2) is 0 Å². The number of nitrogens with zero attached hydrogens (tertiary/aromatic N) is 1. The fourth-order valence-corrected chi connectivity index (χ4v) is 0.652. The molecule has 1 N–H and O–H groups in total. The highest BCUT2D eigenvalue weighted by atomic mass is 16.5. The first-order valence-corrected chi connectivity index (χ1v) is 3.89. The first-order valence-electron chi connectivity index (χ1n) is 9.39. The average Bonchev–Trinajstić information content (AvgIpc) is 2.18. The van der Waals surface area contributed by atoms with E-state index in [1.807, 2.05) is 0 Å². The minimum absolute atomic E-state index is 0.471. The van der Waals surface area contributed by atoms with Crippen LogP contribution in [-0.4, -0.2) is 54.6 Å². The summed E-state index contributed by atoms with van der Waals surface area (Å²) in [5.74, 6) is -3.27. The van der Waals surface area contributed by atoms with Gasteiger partial charge in [-0.05, 0) is 6.92 Å². The minimum atomic E-state index is -4.04. The van der Waals surface area contributed by atoms with Gasteiger partial charge in [0, 0.05) is 6.92 Å². The molecule has 0 unspecified atom stereocenters. The molecule has 0 saturated heterocycles. The van der Waals surface area contributed by atoms with Crippen LogP contribution < -0.4 is 0 Å². The molecule has 15 heavy (non-hydrogen) atoms. The van der Waals surface area contributed by atoms with Crippen molar-refractivity contribution in [3.8, 4) is 0 Å². The van der Waals surface area contributed by atoms with Crippen molar-refractivity contribution in [2.24, 2.45) is 0 Å². The van der Waals surface area contributed by atoms with Crippen molar-refractivity contribution in [2.45, 2.75) is 26.3 Å². The summed E-state index contributed by atoms with van der Waals surface area (Å²) >= 11 is 0. The lowest BCUT2D eigenvalue weighted by molar-refractivity contribution is -0.891. The van der Waals surface area contributed by atoms with Crippen molar-refractivity contribution in [1.82, 2.24) is 0 Å². The Morgan fingerprint density at radius 1 is 1.67 bits per heavy atom. The summed E-state index contributed by atoms with van der Waals surface area (Å²) in [6.07, 6.45) is -5.18. The molecule has 0 fully saturated rings. The number of carbonyl (C=O) groups is 2. The van der Waals surface area contributed by atoms with Gasteiger partial charge in [-0.15, -0.1) is 0 Å². The van der Waals surface area contributed by atoms with Crippen LogP contribution in [0.4, 0.5) is 0 Å². The van der Waals surface area contributed by atoms with Crippen molar-refractivity contribution in [3.05, 3.63) is 0 Å². The summed E-state index contributed by atoms with van der Waals surface area (Å²) in [5, 5.41) is 8.94. The molecule has 0 bridgehead atoms. The summed E-state index contributed by atoms with van der Waals surface area (Å²) in [5.41, 5.74) is 0. The van der Waals surface area contributed by atoms with Crippen molar-refractivity contribution in [1.29, 1.82) is 0 Å². The molecule has 5 nitrogen and oxygen atoms in total. The van der Waals surface area contributed by atoms with Crippen LogP contribution >= 0.6 is 0 Å². The number of aliphatic carboxylic acids is 1. The second-order valence-corrected chi connectivity index (χ2v) is 2.59. The molecule has 0 aromatic rings. The smallest absolute Gasteiger partial charge is 0.307 e. The molecular formula is C10H20NO4+. The predicted octanol–water partition coefficient (Wildman–Crippen LogP) is 0.489. The Bertz CT molecular complexity index is 511. The fourth-order valence-electron chi connectivity index (χ4n) is 0.652. The van der Waals surface area contributed by atoms with Gasteiger partial charge < -0.3 is 14.3 Å². The van der Waals surface area contributed by atoms with E-state index < -0.39 is 55.9 Å². The number of rotatable bonds is 6. The summed E-state index contributed by atoms with van der Waals surface area (Å²) in [6, 6.07) is 0. The third-order valence-corrected chi connectivity index (χ3v) is 1.21. The first-order chi connectivity index (χ1) is 11.1. The minimum Gasteiger partial charge on any atom is -0.481 e. The third kappa shape index (κ3) is 6.90. The number of esters is 1. The van der Waals surface area contributed by atoms with E-state index in [0.29, 0.717) is 13.8 Å². The van der Waals surface area contributed by atoms with Crippen molar-refractivity contribution in [3.63, 3.8) is 0 Å². The third-order valence-electron chi connectivity index (χ3n) is 1.21. The molecule has 0 aliphatic heterocycles. The molecule has 0 spiro atoms. The standard InChI is InChI=1S/C10H19NO4/c1-5-11(3,4)7-9(6-10(13)14)15-8(2)12/h9H,5-7H2,1-4H3/p+1/t9-/m1/s1/i3D3,4D3,5D2,7D2,9D. The van der Waals surface area contributed by atoms with Crippen LogP contribution in [0.2, 0.25) is 0 Å². The van der Waals surface area contributed by atoms with Crippen molar-refractivity contribution < 1.29 is 39.0 Å². The molecule has 88 valence electrons. The number of hydrogen-bond donors (Lipinski definition) is 1. The van der Waals surface area contributed by atoms with Gasteiger partial charge in [-0.1, -0.05) is 0 Å². The first kappa shape index (κ1) is 4.05. The maximum Gasteiger partial charge on any atom is 0.307 e. The summed E-state index contributed by atoms with van der Waals surface area (Å²) in [4.78, 5) is 22.3. The van der Waals surface area contributed by atoms with Gasteiger partial charge in [0.25, 0.3) is 0 Å². The zero-order valence-electron chi connectivity index (χ0n) is 19.3. The van der Waals surface area contributed by atoms with E-state index in [-0.39, 0.29) is 0 Å². The average molecular weight is 229 g/mol. The van der Waals surface area contributed by atoms with Crippen LogP contribution in [0.3, 0.4) is 0 Å². The second-order valence-electron chi connectivity index (χ2n) is 2.59. The number of carbonyl (C=O) groups excluding carboxylic acids is 1. The van der Waals surface area contributed by atoms with E-state index in [4.69, 9.17) is 20.2 Å². The molecule has 0 rings (SSSR count). The van der Waals surface area contributed by atoms with E-state index in [0.717, 1.165) is 0 Å². The molecule has 1 atom stereocenters. The number of likely N-dealkylation sites (N-methyl/N-ethyl adjacent to an activating group) is 1. The van der Waals surface area contributed by atoms with Gasteiger partial charge in [-0.25, -0.2) is 0 Å². The molecule has 0 aliphatic rings. The van der Waals surface area contributed by atoms with Crippen LogP contribution in [-0.2, 0) is 14.3 Å². The predicted molar refractivity (Wildman–Crippen MR) is 55.3 cm³/mol. The van der Waals surface area contributed by atoms with Crippen LogP contribution in [0, 0.1) is 0 Å². The van der Waals surface area contributed by atoms with Gasteiger partial charge in [0.1, 0.15) is 6.50 Å². The Morgan fingerprint density at radius 2 is 2.27 bits per heavy atom. The number of hydrogen-bond acceptors (Lipinski definition) is 3. The van der Waals surface area contributed by atoms with E-state index in [1.165, 1.54) is 0 Å². The molecule has 0 radical (unpaired) electrons. The SMILES string of the molecule is [2H]C([2H])([2H])[N+](C([2H])([2H])[2H])(C([2H])([2H])C)C([2H])([2H])[C@@]([2H])(CC(=O)O)OC(C)=O. The highest BCUT2D eigenvalue weighted by Gasteiger charge is 2.25. The maximum absolute atomic E-state index is 11.3. The molecular weight excluding hydrogens is 198 g/mol. The zero-order chi connectivity index (χ0) is 21.6. The monoisotopic (exact) mass is 229 g/mol. The Hall–Kier alpha value is -1.10. The van der Waals surface area contributed by atoms with Gasteiger partial charge in [0.15, 0.2) is 6.08 Å². The largest absolute Gasteiger partial charge is 0.481 e. The quantitative estimate of drug-likeness (QED) is 0.532. The zero-order valence-corrected chi connectivity index (χ0v) is 8.33. The number of quaternary nitrogens is 1. The molecule has 0 amide bonds. The van der Waals surface area contributed by atoms with Crippen molar-refractivity contribution in [2.75, 3.05) is 26.9 Å². The lowest BCUT2D eigenvalue weighted by Gasteiger charge is -2.31. The Labute approximate surface area is 106 Å². The van der Waals surface area contributed by atoms with Crippen LogP contribution in [0.1, 0.15) is 35.3 Å². The van der Waals surface area contributed by atoms with E-state index in [9.17, 15) is 9.59 Å². The van der Waals surface area contributed by atoms with E-state index in [1.54, 1.807) is 0 Å². The molecule has 0 aromatic carbocycles. The molecule has 0 saturated carbocycles. The van der Waals surface area contributed by atoms with Crippen molar-refractivity contribution >= 4 is 11.9 Å². The van der Waals surface area contributed by atoms with Gasteiger partial charge in [-0.2, -0.15) is 0 Å². The maximum atomic E-state index is 11.3. The highest BCUT2D eigenvalue weighted by molar-refractivity contribution is 5.69. The summed E-state index contributed by atoms with van der Waals surface area (Å²) in [6.45, 7) is -14.1. The van der Waals surface area contributed by atoms with Gasteiger partial charge in [0.2, 0.25) is 0 Å². The van der Waals surface area contributed by atoms with Crippen LogP contribution in [0.25, 0.3) is 0 Å². The number of ether oxygens (including phenoxy) is 1. The molecule has 0 aromatic heterocycles. The summed E-state index contributed by atoms with van der Waals surface area (Å²) < 4.78 is 86.4. The number of carboxylic acid groups (broad SMARTS) is 1. The van der Waals surface area contributed by atoms with E-state index in [2.05, 4.69) is 4.74 Å². The molecule has 0 aliphatic carbocycles. The lowest BCUT2D eigenvalue weighted by Crippen LogP contribution is -2.46. The normalized spacial score (nSPS) is 29.9. The van der Waals surface area contributed by atoms with Gasteiger partial charge in [0.05, 0.1) is 41.9 Å². The van der Waals surface area contributed by atoms with Gasteiger partial charge in [-0.3, -0.25) is 9.59 Å². The van der Waals surface area contributed by atoms with E-state index >= 15 is 0 Å². The number of carboxylic acids is 1. The van der Waals surface area contributed by atoms with Gasteiger partial charge >= 0.3 is 11.9 Å². The Balaban J connectivity index is 7.20. The second kappa shape index (κ2) is 5.70. The highest BCUT2D eigenvalue weighted by Crippen LogP contribution is 2.07. The Morgan fingerprint density at radius 3 is 2.60 bits per heavy atom. The fraction of sp³-hybridized carbons (Fsp3) is 0.800. The summed E-state index contributed by atoms with van der Waals surface area (Å²) in [7, 11) is 0. The Kier molecular flexibility index (Phi) is 1.54. The molecule has 5 heteroatoms. The molecule has 0 heterocycles. The topological polar surface area (TPSA) is 63.6 Å².